The molecule has 0 fully saturated rings. The fourth-order valence-corrected chi connectivity index (χ4v) is 2.73. The zero-order valence-corrected chi connectivity index (χ0v) is 12.0. The lowest BCUT2D eigenvalue weighted by Crippen LogP contribution is -2.25. The van der Waals surface area contributed by atoms with Crippen LogP contribution in [0, 0.1) is 19.3 Å². The molecule has 4 heteroatoms. The van der Waals surface area contributed by atoms with E-state index in [2.05, 4.69) is 35.4 Å². The van der Waals surface area contributed by atoms with Crippen LogP contribution in [0.25, 0.3) is 5.69 Å². The van der Waals surface area contributed by atoms with Gasteiger partial charge in [0, 0.05) is 11.3 Å². The lowest BCUT2D eigenvalue weighted by atomic mass is 10.2. The van der Waals surface area contributed by atoms with Gasteiger partial charge in [-0.25, -0.2) is 4.68 Å². The van der Waals surface area contributed by atoms with E-state index in [9.17, 15) is 4.79 Å². The van der Waals surface area contributed by atoms with Gasteiger partial charge in [-0.2, -0.15) is 5.10 Å². The smallest absolute Gasteiger partial charge is 0.272 e. The van der Waals surface area contributed by atoms with Crippen molar-refractivity contribution in [3.63, 3.8) is 0 Å². The number of aromatic nitrogens is 2. The molecule has 0 spiro atoms. The first-order valence-electron chi connectivity index (χ1n) is 7.10. The number of hydrogen-bond donors (Lipinski definition) is 1. The number of fused-ring (bicyclic) bond motifs is 1. The van der Waals surface area contributed by atoms with E-state index in [1.54, 1.807) is 0 Å². The number of terminal acetylenes is 1. The van der Waals surface area contributed by atoms with Crippen LogP contribution in [0.15, 0.2) is 24.3 Å². The molecule has 1 heterocycles. The highest BCUT2D eigenvalue weighted by Crippen LogP contribution is 2.27. The maximum atomic E-state index is 12.2. The molecule has 4 nitrogen and oxygen atoms in total. The molecular formula is C17H17N3O. The first kappa shape index (κ1) is 13.4. The standard InChI is InChI=1S/C17H17N3O/c1-3-11-18-17(21)16-14-5-4-6-15(14)20(19-16)13-9-7-12(2)8-10-13/h1,7-10H,4-6,11H2,2H3,(H,18,21). The lowest BCUT2D eigenvalue weighted by molar-refractivity contribution is 0.0952. The fraction of sp³-hybridized carbons (Fsp3) is 0.294. The average Bonchev–Trinajstić information content (AvgIpc) is 3.08. The third-order valence-corrected chi connectivity index (χ3v) is 3.77. The summed E-state index contributed by atoms with van der Waals surface area (Å²) in [6, 6.07) is 8.17. The SMILES string of the molecule is C#CCNC(=O)c1nn(-c2ccc(C)cc2)c2c1CCC2. The van der Waals surface area contributed by atoms with Crippen molar-refractivity contribution in [1.82, 2.24) is 15.1 Å². The minimum atomic E-state index is -0.183. The molecule has 0 aliphatic heterocycles. The molecule has 2 aromatic rings. The molecule has 1 aromatic heterocycles. The monoisotopic (exact) mass is 279 g/mol. The summed E-state index contributed by atoms with van der Waals surface area (Å²) < 4.78 is 1.90. The van der Waals surface area contributed by atoms with Gasteiger partial charge in [0.1, 0.15) is 0 Å². The van der Waals surface area contributed by atoms with E-state index in [1.807, 2.05) is 16.8 Å². The van der Waals surface area contributed by atoms with Crippen LogP contribution >= 0.6 is 0 Å². The van der Waals surface area contributed by atoms with Crippen LogP contribution < -0.4 is 5.32 Å². The largest absolute Gasteiger partial charge is 0.340 e. The maximum absolute atomic E-state index is 12.2. The molecule has 0 radical (unpaired) electrons. The summed E-state index contributed by atoms with van der Waals surface area (Å²) in [5.41, 5.74) is 4.91. The first-order chi connectivity index (χ1) is 10.2. The Labute approximate surface area is 124 Å². The first-order valence-corrected chi connectivity index (χ1v) is 7.10. The van der Waals surface area contributed by atoms with Gasteiger partial charge in [-0.15, -0.1) is 6.42 Å². The third kappa shape index (κ3) is 2.43. The van der Waals surface area contributed by atoms with Crippen LogP contribution in [0.1, 0.15) is 33.7 Å². The van der Waals surface area contributed by atoms with Gasteiger partial charge >= 0.3 is 0 Å². The van der Waals surface area contributed by atoms with Gasteiger partial charge in [0.05, 0.1) is 12.2 Å². The van der Waals surface area contributed by atoms with E-state index in [-0.39, 0.29) is 12.5 Å². The number of rotatable bonds is 3. The van der Waals surface area contributed by atoms with Crippen molar-refractivity contribution in [3.8, 4) is 18.0 Å². The minimum Gasteiger partial charge on any atom is -0.340 e. The number of amides is 1. The second kappa shape index (κ2) is 5.45. The zero-order valence-electron chi connectivity index (χ0n) is 12.0. The van der Waals surface area contributed by atoms with E-state index in [4.69, 9.17) is 6.42 Å². The van der Waals surface area contributed by atoms with Gasteiger partial charge in [0.2, 0.25) is 0 Å². The van der Waals surface area contributed by atoms with Crippen LogP contribution in [0.3, 0.4) is 0 Å². The van der Waals surface area contributed by atoms with Gasteiger partial charge in [-0.05, 0) is 38.3 Å². The summed E-state index contributed by atoms with van der Waals surface area (Å²) in [5, 5.41) is 7.22. The quantitative estimate of drug-likeness (QED) is 0.874. The molecule has 1 aliphatic carbocycles. The Kier molecular flexibility index (Phi) is 3.49. The van der Waals surface area contributed by atoms with E-state index < -0.39 is 0 Å². The van der Waals surface area contributed by atoms with Crippen molar-refractivity contribution in [3.05, 3.63) is 46.8 Å². The molecule has 1 amide bonds. The molecule has 0 unspecified atom stereocenters. The fourth-order valence-electron chi connectivity index (χ4n) is 2.73. The summed E-state index contributed by atoms with van der Waals surface area (Å²) in [6.07, 6.45) is 8.11. The van der Waals surface area contributed by atoms with Crippen LogP contribution in [0.4, 0.5) is 0 Å². The van der Waals surface area contributed by atoms with Crippen LogP contribution in [-0.4, -0.2) is 22.2 Å². The van der Waals surface area contributed by atoms with Crippen molar-refractivity contribution < 1.29 is 4.79 Å². The van der Waals surface area contributed by atoms with E-state index in [0.29, 0.717) is 5.69 Å². The summed E-state index contributed by atoms with van der Waals surface area (Å²) in [5.74, 6) is 2.23. The Morgan fingerprint density at radius 3 is 2.86 bits per heavy atom. The number of carbonyl (C=O) groups excluding carboxylic acids is 1. The molecule has 106 valence electrons. The molecule has 21 heavy (non-hydrogen) atoms. The highest BCUT2D eigenvalue weighted by molar-refractivity contribution is 5.94. The number of carbonyl (C=O) groups is 1. The second-order valence-electron chi connectivity index (χ2n) is 5.26. The summed E-state index contributed by atoms with van der Waals surface area (Å²) in [6.45, 7) is 2.28. The van der Waals surface area contributed by atoms with E-state index >= 15 is 0 Å². The van der Waals surface area contributed by atoms with Gasteiger partial charge < -0.3 is 5.32 Å². The van der Waals surface area contributed by atoms with Gasteiger partial charge in [-0.1, -0.05) is 23.6 Å². The van der Waals surface area contributed by atoms with Crippen LogP contribution in [0.5, 0.6) is 0 Å². The Morgan fingerprint density at radius 1 is 1.38 bits per heavy atom. The normalized spacial score (nSPS) is 12.8. The molecule has 0 bridgehead atoms. The maximum Gasteiger partial charge on any atom is 0.272 e. The highest BCUT2D eigenvalue weighted by Gasteiger charge is 2.26. The number of nitrogens with zero attached hydrogens (tertiary/aromatic N) is 2. The Balaban J connectivity index is 2.01. The van der Waals surface area contributed by atoms with Crippen LogP contribution in [0.2, 0.25) is 0 Å². The second-order valence-corrected chi connectivity index (χ2v) is 5.26. The average molecular weight is 279 g/mol. The van der Waals surface area contributed by atoms with Crippen molar-refractivity contribution in [2.45, 2.75) is 26.2 Å². The topological polar surface area (TPSA) is 46.9 Å². The van der Waals surface area contributed by atoms with Crippen molar-refractivity contribution in [1.29, 1.82) is 0 Å². The van der Waals surface area contributed by atoms with Gasteiger partial charge in [-0.3, -0.25) is 4.79 Å². The minimum absolute atomic E-state index is 0.183. The molecule has 1 aromatic carbocycles. The summed E-state index contributed by atoms with van der Waals surface area (Å²) in [7, 11) is 0. The predicted molar refractivity (Wildman–Crippen MR) is 81.5 cm³/mol. The summed E-state index contributed by atoms with van der Waals surface area (Å²) in [4.78, 5) is 12.2. The van der Waals surface area contributed by atoms with Crippen molar-refractivity contribution in [2.75, 3.05) is 6.54 Å². The Hall–Kier alpha value is -2.54. The summed E-state index contributed by atoms with van der Waals surface area (Å²) >= 11 is 0. The Bertz CT molecular complexity index is 720. The molecule has 1 aliphatic rings. The highest BCUT2D eigenvalue weighted by atomic mass is 16.1. The lowest BCUT2D eigenvalue weighted by Gasteiger charge is -2.05. The van der Waals surface area contributed by atoms with Gasteiger partial charge in [0.15, 0.2) is 5.69 Å². The third-order valence-electron chi connectivity index (χ3n) is 3.77. The molecule has 0 atom stereocenters. The zero-order chi connectivity index (χ0) is 14.8. The van der Waals surface area contributed by atoms with Crippen molar-refractivity contribution in [2.24, 2.45) is 0 Å². The number of hydrogen-bond acceptors (Lipinski definition) is 2. The number of aryl methyl sites for hydroxylation is 1. The molecular weight excluding hydrogens is 262 g/mol. The molecule has 1 N–H and O–H groups in total. The molecule has 3 rings (SSSR count). The number of benzene rings is 1. The van der Waals surface area contributed by atoms with E-state index in [0.717, 1.165) is 36.2 Å². The molecule has 0 saturated carbocycles. The van der Waals surface area contributed by atoms with E-state index in [1.165, 1.54) is 5.56 Å². The predicted octanol–water partition coefficient (Wildman–Crippen LogP) is 2.03. The Morgan fingerprint density at radius 2 is 2.14 bits per heavy atom. The van der Waals surface area contributed by atoms with Crippen LogP contribution in [-0.2, 0) is 12.8 Å². The van der Waals surface area contributed by atoms with Gasteiger partial charge in [0.25, 0.3) is 5.91 Å². The van der Waals surface area contributed by atoms with Crippen molar-refractivity contribution >= 4 is 5.91 Å². The number of nitrogens with one attached hydrogen (secondary N) is 1. The molecule has 0 saturated heterocycles.